The Morgan fingerprint density at radius 1 is 0.870 bits per heavy atom. The van der Waals surface area contributed by atoms with Gasteiger partial charge in [-0.15, -0.1) is 0 Å². The number of hydrogen-bond acceptors (Lipinski definition) is 6. The number of halogens is 3. The second-order valence-corrected chi connectivity index (χ2v) is 14.2. The van der Waals surface area contributed by atoms with E-state index in [0.29, 0.717) is 11.4 Å². The minimum Gasteiger partial charge on any atom is -0.363 e. The number of nitrogens with one attached hydrogen (secondary N) is 3. The Morgan fingerprint density at radius 2 is 1.52 bits per heavy atom. The third kappa shape index (κ3) is 6.91. The van der Waals surface area contributed by atoms with Crippen LogP contribution in [-0.2, 0) is 38.4 Å². The number of benzene rings is 4. The second kappa shape index (κ2) is 12.8. The highest BCUT2D eigenvalue weighted by Crippen LogP contribution is 2.37. The number of alkyl halides is 3. The van der Waals surface area contributed by atoms with Crippen LogP contribution in [0.2, 0.25) is 0 Å². The lowest BCUT2D eigenvalue weighted by molar-refractivity contribution is -0.137. The number of sulfonamides is 1. The van der Waals surface area contributed by atoms with Crippen LogP contribution in [0, 0.1) is 0 Å². The molecule has 2 aliphatic heterocycles. The number of carbonyl (C=O) groups is 1. The van der Waals surface area contributed by atoms with E-state index in [1.54, 1.807) is 24.3 Å². The highest BCUT2D eigenvalue weighted by atomic mass is 32.2. The van der Waals surface area contributed by atoms with Gasteiger partial charge in [0, 0.05) is 0 Å². The summed E-state index contributed by atoms with van der Waals surface area (Å²) in [6, 6.07) is 29.1. The number of rotatable bonds is 9. The fraction of sp³-hybridized carbons (Fsp3) is 0.212. The summed E-state index contributed by atoms with van der Waals surface area (Å²) in [6.07, 6.45) is -4.56. The molecule has 4 aromatic rings. The van der Waals surface area contributed by atoms with E-state index in [9.17, 15) is 30.6 Å². The van der Waals surface area contributed by atoms with Crippen LogP contribution in [0.25, 0.3) is 0 Å². The van der Waals surface area contributed by atoms with Gasteiger partial charge in [0.2, 0.25) is 15.9 Å². The van der Waals surface area contributed by atoms with E-state index in [4.69, 9.17) is 4.99 Å². The quantitative estimate of drug-likeness (QED) is 0.224. The molecule has 6 rings (SSSR count). The predicted octanol–water partition coefficient (Wildman–Crippen LogP) is 5.30. The van der Waals surface area contributed by atoms with Crippen LogP contribution in [0.4, 0.5) is 13.2 Å². The van der Waals surface area contributed by atoms with E-state index in [1.165, 1.54) is 12.1 Å². The molecule has 46 heavy (non-hydrogen) atoms. The van der Waals surface area contributed by atoms with Crippen molar-refractivity contribution in [2.75, 3.05) is 0 Å². The zero-order valence-electron chi connectivity index (χ0n) is 24.1. The summed E-state index contributed by atoms with van der Waals surface area (Å²) in [4.78, 5) is 16.7. The molecule has 4 aromatic carbocycles. The standard InChI is InChI=1S/C33H29F3N4O4S2/c34-33(35,36)25-12-7-13-26(19-25)45(42)39-27(18-21-14-16-22(17-15-21)28-20-29(41)40-46(28,43)44)32-37-30(23-8-3-1-4-9-23)31(38-32)24-10-5-2-6-11-24/h1-17,19,27-28,30-31,39H,18,20H2,(H,37,38)(H,40,41)/t27?,28?,30-,31?,45?/m0/s1. The summed E-state index contributed by atoms with van der Waals surface area (Å²) in [5, 5.41) is 2.48. The van der Waals surface area contributed by atoms with Crippen LogP contribution >= 0.6 is 0 Å². The Kier molecular flexibility index (Phi) is 8.82. The molecular formula is C33H29F3N4O4S2. The van der Waals surface area contributed by atoms with Gasteiger partial charge in [0.25, 0.3) is 0 Å². The molecule has 8 nitrogen and oxygen atoms in total. The molecule has 13 heteroatoms. The van der Waals surface area contributed by atoms with E-state index >= 15 is 0 Å². The maximum absolute atomic E-state index is 13.6. The minimum absolute atomic E-state index is 0.0448. The maximum Gasteiger partial charge on any atom is 0.416 e. The molecule has 1 fully saturated rings. The van der Waals surface area contributed by atoms with E-state index in [-0.39, 0.29) is 29.8 Å². The predicted molar refractivity (Wildman–Crippen MR) is 168 cm³/mol. The number of carbonyl (C=O) groups excluding carboxylic acids is 1. The molecule has 0 bridgehead atoms. The lowest BCUT2D eigenvalue weighted by atomic mass is 9.95. The largest absolute Gasteiger partial charge is 0.416 e. The van der Waals surface area contributed by atoms with Gasteiger partial charge in [-0.05, 0) is 46.9 Å². The number of hydrogen-bond donors (Lipinski definition) is 3. The van der Waals surface area contributed by atoms with Gasteiger partial charge in [-0.25, -0.2) is 17.3 Å². The third-order valence-corrected chi connectivity index (χ3v) is 10.8. The van der Waals surface area contributed by atoms with Gasteiger partial charge in [-0.3, -0.25) is 14.5 Å². The molecule has 0 aliphatic carbocycles. The van der Waals surface area contributed by atoms with Crippen LogP contribution in [-0.4, -0.2) is 30.4 Å². The van der Waals surface area contributed by atoms with Crippen LogP contribution < -0.4 is 14.8 Å². The highest BCUT2D eigenvalue weighted by molar-refractivity contribution is 7.90. The molecule has 0 aromatic heterocycles. The van der Waals surface area contributed by atoms with Gasteiger partial charge in [-0.2, -0.15) is 13.2 Å². The van der Waals surface area contributed by atoms with Crippen molar-refractivity contribution in [2.24, 2.45) is 4.99 Å². The normalized spacial score (nSPS) is 22.0. The highest BCUT2D eigenvalue weighted by Gasteiger charge is 2.38. The molecule has 0 saturated carbocycles. The summed E-state index contributed by atoms with van der Waals surface area (Å²) in [5.41, 5.74) is 2.18. The SMILES string of the molecule is O=C1CC(c2ccc(CC(NS(=O)c3cccc(C(F)(F)F)c3)C3=N[C@@H](c4ccccc4)C(c4ccccc4)N3)cc2)S(=O)(=O)N1. The average Bonchev–Trinajstić information content (AvgIpc) is 3.61. The maximum atomic E-state index is 13.6. The van der Waals surface area contributed by atoms with Gasteiger partial charge < -0.3 is 5.32 Å². The molecule has 4 unspecified atom stereocenters. The summed E-state index contributed by atoms with van der Waals surface area (Å²) >= 11 is 0. The smallest absolute Gasteiger partial charge is 0.363 e. The van der Waals surface area contributed by atoms with Gasteiger partial charge in [0.15, 0.2) is 0 Å². The third-order valence-electron chi connectivity index (χ3n) is 7.94. The van der Waals surface area contributed by atoms with E-state index in [2.05, 4.69) is 10.0 Å². The molecule has 3 N–H and O–H groups in total. The molecule has 238 valence electrons. The zero-order chi connectivity index (χ0) is 32.5. The fourth-order valence-corrected chi connectivity index (χ4v) is 8.12. The molecule has 1 saturated heterocycles. The molecule has 2 heterocycles. The van der Waals surface area contributed by atoms with Crippen molar-refractivity contribution in [3.8, 4) is 0 Å². The molecule has 0 radical (unpaired) electrons. The lowest BCUT2D eigenvalue weighted by Gasteiger charge is -2.22. The van der Waals surface area contributed by atoms with Crippen LogP contribution in [0.5, 0.6) is 0 Å². The van der Waals surface area contributed by atoms with Crippen molar-refractivity contribution in [1.29, 1.82) is 0 Å². The Morgan fingerprint density at radius 3 is 2.13 bits per heavy atom. The molecule has 5 atom stereocenters. The van der Waals surface area contributed by atoms with Crippen molar-refractivity contribution < 1.29 is 30.6 Å². The first-order valence-corrected chi connectivity index (χ1v) is 17.1. The van der Waals surface area contributed by atoms with Crippen molar-refractivity contribution in [1.82, 2.24) is 14.8 Å². The van der Waals surface area contributed by atoms with Gasteiger partial charge in [-0.1, -0.05) is 91.0 Å². The monoisotopic (exact) mass is 666 g/mol. The van der Waals surface area contributed by atoms with Gasteiger partial charge in [0.1, 0.15) is 28.1 Å². The van der Waals surface area contributed by atoms with E-state index < -0.39 is 49.9 Å². The summed E-state index contributed by atoms with van der Waals surface area (Å²) in [7, 11) is -5.88. The zero-order valence-corrected chi connectivity index (χ0v) is 25.8. The van der Waals surface area contributed by atoms with Crippen molar-refractivity contribution >= 4 is 32.8 Å². The Balaban J connectivity index is 1.33. The summed E-state index contributed by atoms with van der Waals surface area (Å²) in [6.45, 7) is 0. The number of amides is 1. The molecule has 2 aliphatic rings. The summed E-state index contributed by atoms with van der Waals surface area (Å²) in [5.74, 6) is -0.0954. The van der Waals surface area contributed by atoms with Crippen molar-refractivity contribution in [3.63, 3.8) is 0 Å². The Hall–Kier alpha value is -4.33. The van der Waals surface area contributed by atoms with Crippen molar-refractivity contribution in [3.05, 3.63) is 137 Å². The van der Waals surface area contributed by atoms with Gasteiger partial charge in [0.05, 0.1) is 29.0 Å². The average molecular weight is 667 g/mol. The second-order valence-electron chi connectivity index (χ2n) is 11.1. The molecular weight excluding hydrogens is 638 g/mol. The minimum atomic E-state index is -4.60. The number of nitrogens with zero attached hydrogens (tertiary/aromatic N) is 1. The number of amidine groups is 1. The van der Waals surface area contributed by atoms with E-state index in [0.717, 1.165) is 28.8 Å². The van der Waals surface area contributed by atoms with Crippen LogP contribution in [0.1, 0.15) is 51.6 Å². The van der Waals surface area contributed by atoms with E-state index in [1.807, 2.05) is 65.4 Å². The first-order valence-electron chi connectivity index (χ1n) is 14.4. The number of aliphatic imine (C=N–C) groups is 1. The molecule has 0 spiro atoms. The first kappa shape index (κ1) is 31.6. The first-order chi connectivity index (χ1) is 22.0. The summed E-state index contributed by atoms with van der Waals surface area (Å²) < 4.78 is 83.6. The Labute approximate surface area is 266 Å². The molecule has 1 amide bonds. The topological polar surface area (TPSA) is 117 Å². The van der Waals surface area contributed by atoms with Crippen LogP contribution in [0.15, 0.2) is 119 Å². The van der Waals surface area contributed by atoms with Crippen molar-refractivity contribution in [2.45, 2.75) is 47.3 Å². The fourth-order valence-electron chi connectivity index (χ4n) is 5.66. The Bertz CT molecular complexity index is 1890. The van der Waals surface area contributed by atoms with Gasteiger partial charge >= 0.3 is 6.18 Å². The van der Waals surface area contributed by atoms with Crippen LogP contribution in [0.3, 0.4) is 0 Å². The lowest BCUT2D eigenvalue weighted by Crippen LogP contribution is -2.45.